The number of carbonyl (C=O) groups excluding carboxylic acids is 1. The number of fused-ring (bicyclic) bond motifs is 1. The monoisotopic (exact) mass is 539 g/mol. The van der Waals surface area contributed by atoms with Crippen molar-refractivity contribution in [1.29, 1.82) is 0 Å². The molecule has 3 aromatic rings. The first-order valence-electron chi connectivity index (χ1n) is 11.7. The molecular weight excluding hydrogens is 514 g/mol. The number of carboxylic acids is 1. The SMILES string of the molecule is CCN(CC)C(=O)C1=C(C)N=c2s/c(=C/c3cccc(OCC(=O)O)c3)c(=O)n2[C@@H]1c1ccc(Cl)cc1. The molecule has 1 aliphatic heterocycles. The number of carbonyl (C=O) groups is 2. The van der Waals surface area contributed by atoms with E-state index in [1.807, 2.05) is 26.0 Å². The van der Waals surface area contributed by atoms with Crippen LogP contribution in [-0.4, -0.2) is 46.1 Å². The molecule has 0 aliphatic carbocycles. The number of rotatable bonds is 8. The highest BCUT2D eigenvalue weighted by Gasteiger charge is 2.34. The maximum absolute atomic E-state index is 13.8. The van der Waals surface area contributed by atoms with Crippen LogP contribution in [0.25, 0.3) is 6.08 Å². The number of nitrogens with zero attached hydrogens (tertiary/aromatic N) is 3. The average Bonchev–Trinajstić information content (AvgIpc) is 3.17. The molecule has 0 unspecified atom stereocenters. The third-order valence-electron chi connectivity index (χ3n) is 6.01. The molecule has 4 rings (SSSR count). The van der Waals surface area contributed by atoms with E-state index in [9.17, 15) is 14.4 Å². The lowest BCUT2D eigenvalue weighted by Crippen LogP contribution is -2.43. The molecule has 1 aliphatic rings. The zero-order valence-corrected chi connectivity index (χ0v) is 22.2. The average molecular weight is 540 g/mol. The van der Waals surface area contributed by atoms with Crippen molar-refractivity contribution < 1.29 is 19.4 Å². The summed E-state index contributed by atoms with van der Waals surface area (Å²) in [5.74, 6) is -0.860. The van der Waals surface area contributed by atoms with E-state index in [0.717, 1.165) is 5.56 Å². The first-order valence-corrected chi connectivity index (χ1v) is 12.9. The van der Waals surface area contributed by atoms with Crippen LogP contribution in [-0.2, 0) is 9.59 Å². The number of likely N-dealkylation sites (N-methyl/N-ethyl adjacent to an activating group) is 1. The van der Waals surface area contributed by atoms with Gasteiger partial charge in [0.05, 0.1) is 21.8 Å². The summed E-state index contributed by atoms with van der Waals surface area (Å²) < 4.78 is 7.25. The minimum atomic E-state index is -1.08. The highest BCUT2D eigenvalue weighted by atomic mass is 35.5. The van der Waals surface area contributed by atoms with E-state index in [4.69, 9.17) is 21.4 Å². The lowest BCUT2D eigenvalue weighted by atomic mass is 9.94. The van der Waals surface area contributed by atoms with Crippen molar-refractivity contribution in [2.75, 3.05) is 19.7 Å². The number of hydrogen-bond acceptors (Lipinski definition) is 6. The predicted molar refractivity (Wildman–Crippen MR) is 143 cm³/mol. The van der Waals surface area contributed by atoms with Crippen molar-refractivity contribution in [2.24, 2.45) is 4.99 Å². The quantitative estimate of drug-likeness (QED) is 0.473. The van der Waals surface area contributed by atoms with E-state index in [1.165, 1.54) is 11.3 Å². The number of thiazole rings is 1. The number of carboxylic acid groups (broad SMARTS) is 1. The molecule has 0 bridgehead atoms. The molecule has 0 spiro atoms. The van der Waals surface area contributed by atoms with Gasteiger partial charge in [0.1, 0.15) is 5.75 Å². The smallest absolute Gasteiger partial charge is 0.341 e. The van der Waals surface area contributed by atoms with Crippen LogP contribution in [0.4, 0.5) is 0 Å². The zero-order valence-electron chi connectivity index (χ0n) is 20.6. The molecule has 1 N–H and O–H groups in total. The minimum absolute atomic E-state index is 0.163. The summed E-state index contributed by atoms with van der Waals surface area (Å²) in [4.78, 5) is 45.0. The molecule has 0 saturated carbocycles. The summed E-state index contributed by atoms with van der Waals surface area (Å²) in [5.41, 5.74) is 2.16. The fraction of sp³-hybridized carbons (Fsp3) is 0.259. The number of halogens is 1. The van der Waals surface area contributed by atoms with Gasteiger partial charge in [-0.15, -0.1) is 0 Å². The van der Waals surface area contributed by atoms with Gasteiger partial charge in [0.2, 0.25) is 0 Å². The molecule has 192 valence electrons. The fourth-order valence-corrected chi connectivity index (χ4v) is 5.40. The molecule has 1 amide bonds. The van der Waals surface area contributed by atoms with Gasteiger partial charge in [0, 0.05) is 18.1 Å². The van der Waals surface area contributed by atoms with Gasteiger partial charge in [-0.1, -0.05) is 47.2 Å². The summed E-state index contributed by atoms with van der Waals surface area (Å²) in [6.07, 6.45) is 1.71. The normalized spacial score (nSPS) is 15.2. The van der Waals surface area contributed by atoms with Crippen LogP contribution in [0.3, 0.4) is 0 Å². The van der Waals surface area contributed by atoms with Gasteiger partial charge in [0.25, 0.3) is 11.5 Å². The minimum Gasteiger partial charge on any atom is -0.482 e. The zero-order chi connectivity index (χ0) is 26.7. The standard InChI is InChI=1S/C27H26ClN3O5S/c1-4-30(5-2)26(35)23-16(3)29-27-31(24(23)18-9-11-19(28)12-10-18)25(34)21(37-27)14-17-7-6-8-20(13-17)36-15-22(32)33/h6-14,24H,4-5,15H2,1-3H3,(H,32,33)/b21-14+/t24-/m1/s1. The highest BCUT2D eigenvalue weighted by Crippen LogP contribution is 2.31. The van der Waals surface area contributed by atoms with E-state index < -0.39 is 18.6 Å². The van der Waals surface area contributed by atoms with E-state index in [1.54, 1.807) is 58.9 Å². The fourth-order valence-electron chi connectivity index (χ4n) is 4.23. The van der Waals surface area contributed by atoms with E-state index in [0.29, 0.717) is 50.0 Å². The molecule has 37 heavy (non-hydrogen) atoms. The van der Waals surface area contributed by atoms with Gasteiger partial charge < -0.3 is 14.7 Å². The van der Waals surface area contributed by atoms with Gasteiger partial charge in [-0.2, -0.15) is 0 Å². The summed E-state index contributed by atoms with van der Waals surface area (Å²) >= 11 is 7.36. The van der Waals surface area contributed by atoms with Crippen LogP contribution in [0.5, 0.6) is 5.75 Å². The number of amides is 1. The van der Waals surface area contributed by atoms with Crippen molar-refractivity contribution in [3.63, 3.8) is 0 Å². The maximum Gasteiger partial charge on any atom is 0.341 e. The van der Waals surface area contributed by atoms with Gasteiger partial charge in [-0.25, -0.2) is 9.79 Å². The molecule has 10 heteroatoms. The number of ether oxygens (including phenoxy) is 1. The molecular formula is C27H26ClN3O5S. The molecule has 8 nitrogen and oxygen atoms in total. The second kappa shape index (κ2) is 11.1. The van der Waals surface area contributed by atoms with E-state index in [-0.39, 0.29) is 11.5 Å². The number of aromatic nitrogens is 1. The number of benzene rings is 2. The van der Waals surface area contributed by atoms with Crippen molar-refractivity contribution in [2.45, 2.75) is 26.8 Å². The van der Waals surface area contributed by atoms with Crippen LogP contribution >= 0.6 is 22.9 Å². The Labute approximate surface area is 222 Å². The Morgan fingerprint density at radius 1 is 1.19 bits per heavy atom. The van der Waals surface area contributed by atoms with Crippen LogP contribution in [0.15, 0.2) is 69.6 Å². The van der Waals surface area contributed by atoms with E-state index >= 15 is 0 Å². The predicted octanol–water partition coefficient (Wildman–Crippen LogP) is 3.22. The number of hydrogen-bond donors (Lipinski definition) is 1. The molecule has 2 aromatic carbocycles. The lowest BCUT2D eigenvalue weighted by Gasteiger charge is -2.29. The Hall–Kier alpha value is -3.69. The van der Waals surface area contributed by atoms with Gasteiger partial charge in [-0.3, -0.25) is 14.2 Å². The Balaban J connectivity index is 1.87. The van der Waals surface area contributed by atoms with Crippen molar-refractivity contribution in [3.8, 4) is 5.75 Å². The third kappa shape index (κ3) is 5.52. The van der Waals surface area contributed by atoms with Gasteiger partial charge >= 0.3 is 5.97 Å². The molecule has 0 fully saturated rings. The van der Waals surface area contributed by atoms with Crippen LogP contribution in [0.1, 0.15) is 37.9 Å². The van der Waals surface area contributed by atoms with Crippen LogP contribution in [0.2, 0.25) is 5.02 Å². The van der Waals surface area contributed by atoms with Crippen molar-refractivity contribution in [3.05, 3.63) is 95.6 Å². The molecule has 0 radical (unpaired) electrons. The third-order valence-corrected chi connectivity index (χ3v) is 7.24. The Morgan fingerprint density at radius 3 is 2.54 bits per heavy atom. The van der Waals surface area contributed by atoms with Crippen molar-refractivity contribution >= 4 is 40.9 Å². The second-order valence-corrected chi connectivity index (χ2v) is 9.81. The van der Waals surface area contributed by atoms with Gasteiger partial charge in [-0.05, 0) is 62.2 Å². The van der Waals surface area contributed by atoms with Gasteiger partial charge in [0.15, 0.2) is 11.4 Å². The second-order valence-electron chi connectivity index (χ2n) is 8.37. The Morgan fingerprint density at radius 2 is 1.89 bits per heavy atom. The Kier molecular flexibility index (Phi) is 7.94. The van der Waals surface area contributed by atoms with E-state index in [2.05, 4.69) is 4.99 Å². The maximum atomic E-state index is 13.8. The summed E-state index contributed by atoms with van der Waals surface area (Å²) in [7, 11) is 0. The lowest BCUT2D eigenvalue weighted by molar-refractivity contribution is -0.139. The van der Waals surface area contributed by atoms with Crippen LogP contribution < -0.4 is 19.6 Å². The summed E-state index contributed by atoms with van der Waals surface area (Å²) in [5, 5.41) is 9.42. The largest absolute Gasteiger partial charge is 0.482 e. The number of aliphatic carboxylic acids is 1. The topological polar surface area (TPSA) is 101 Å². The Bertz CT molecular complexity index is 1550. The molecule has 2 heterocycles. The molecule has 0 saturated heterocycles. The first-order chi connectivity index (χ1) is 17.7. The van der Waals surface area contributed by atoms with Crippen molar-refractivity contribution in [1.82, 2.24) is 9.47 Å². The summed E-state index contributed by atoms with van der Waals surface area (Å²) in [6.45, 7) is 6.22. The number of allylic oxidation sites excluding steroid dienone is 1. The summed E-state index contributed by atoms with van der Waals surface area (Å²) in [6, 6.07) is 13.3. The molecule has 1 aromatic heterocycles. The highest BCUT2D eigenvalue weighted by molar-refractivity contribution is 7.07. The molecule has 1 atom stereocenters. The first kappa shape index (κ1) is 26.4. The van der Waals surface area contributed by atoms with Crippen LogP contribution in [0, 0.1) is 0 Å².